The summed E-state index contributed by atoms with van der Waals surface area (Å²) in [5.74, 6) is 0.693. The smallest absolute Gasteiger partial charge is 0.0353 e. The molecule has 0 radical (unpaired) electrons. The average molecular weight is 277 g/mol. The molecule has 1 aromatic rings. The molecule has 0 aliphatic rings. The van der Waals surface area contributed by atoms with E-state index in [1.54, 1.807) is 0 Å². The molecule has 0 aromatic heterocycles. The van der Waals surface area contributed by atoms with Gasteiger partial charge >= 0.3 is 0 Å². The summed E-state index contributed by atoms with van der Waals surface area (Å²) in [5, 5.41) is 0. The van der Waals surface area contributed by atoms with Crippen molar-refractivity contribution in [2.24, 2.45) is 0 Å². The molecule has 1 rings (SSSR count). The van der Waals surface area contributed by atoms with Crippen LogP contribution in [0.5, 0.6) is 0 Å². The SMILES string of the molecule is CN(C)C(CCCl)c1ccc(Br)cc1. The molecule has 0 aliphatic carbocycles. The highest BCUT2D eigenvalue weighted by Gasteiger charge is 2.12. The van der Waals surface area contributed by atoms with Gasteiger partial charge in [0.25, 0.3) is 0 Å². The fraction of sp³-hybridized carbons (Fsp3) is 0.455. The van der Waals surface area contributed by atoms with Gasteiger partial charge in [0.2, 0.25) is 0 Å². The van der Waals surface area contributed by atoms with Crippen molar-refractivity contribution in [2.75, 3.05) is 20.0 Å². The van der Waals surface area contributed by atoms with Gasteiger partial charge in [0.15, 0.2) is 0 Å². The van der Waals surface area contributed by atoms with Crippen LogP contribution < -0.4 is 0 Å². The minimum Gasteiger partial charge on any atom is -0.302 e. The van der Waals surface area contributed by atoms with Gasteiger partial charge in [0.05, 0.1) is 0 Å². The van der Waals surface area contributed by atoms with Crippen LogP contribution in [0.4, 0.5) is 0 Å². The molecule has 0 saturated heterocycles. The average Bonchev–Trinajstić information content (AvgIpc) is 2.15. The normalized spacial score (nSPS) is 13.2. The molecule has 0 heterocycles. The van der Waals surface area contributed by atoms with Crippen LogP contribution in [0.2, 0.25) is 0 Å². The summed E-state index contributed by atoms with van der Waals surface area (Å²) >= 11 is 9.22. The highest BCUT2D eigenvalue weighted by molar-refractivity contribution is 9.10. The quantitative estimate of drug-likeness (QED) is 0.758. The number of nitrogens with zero attached hydrogens (tertiary/aromatic N) is 1. The molecule has 0 amide bonds. The van der Waals surface area contributed by atoms with Gasteiger partial charge in [-0.2, -0.15) is 0 Å². The molecule has 0 N–H and O–H groups in total. The molecular weight excluding hydrogens is 261 g/mol. The van der Waals surface area contributed by atoms with Crippen LogP contribution in [0.15, 0.2) is 28.7 Å². The van der Waals surface area contributed by atoms with Crippen molar-refractivity contribution in [3.8, 4) is 0 Å². The molecule has 0 bridgehead atoms. The third-order valence-corrected chi connectivity index (χ3v) is 3.01. The van der Waals surface area contributed by atoms with E-state index in [2.05, 4.69) is 59.2 Å². The first-order valence-electron chi connectivity index (χ1n) is 4.63. The van der Waals surface area contributed by atoms with Crippen molar-refractivity contribution in [2.45, 2.75) is 12.5 Å². The Balaban J connectivity index is 2.82. The Morgan fingerprint density at radius 2 is 1.86 bits per heavy atom. The van der Waals surface area contributed by atoms with Crippen molar-refractivity contribution < 1.29 is 0 Å². The van der Waals surface area contributed by atoms with Crippen LogP contribution in [0.25, 0.3) is 0 Å². The number of halogens is 2. The molecule has 0 fully saturated rings. The monoisotopic (exact) mass is 275 g/mol. The maximum atomic E-state index is 5.79. The Bertz CT molecular complexity index is 271. The van der Waals surface area contributed by atoms with E-state index in [4.69, 9.17) is 11.6 Å². The molecule has 1 aromatic carbocycles. The second-order valence-electron chi connectivity index (χ2n) is 3.51. The van der Waals surface area contributed by atoms with Crippen molar-refractivity contribution in [1.29, 1.82) is 0 Å². The maximum absolute atomic E-state index is 5.79. The lowest BCUT2D eigenvalue weighted by atomic mass is 10.0. The largest absolute Gasteiger partial charge is 0.302 e. The number of benzene rings is 1. The van der Waals surface area contributed by atoms with Gasteiger partial charge < -0.3 is 4.90 Å². The Hall–Kier alpha value is -0.0500. The zero-order valence-electron chi connectivity index (χ0n) is 8.50. The fourth-order valence-electron chi connectivity index (χ4n) is 1.51. The van der Waals surface area contributed by atoms with Crippen molar-refractivity contribution >= 4 is 27.5 Å². The van der Waals surface area contributed by atoms with Crippen LogP contribution in [0.1, 0.15) is 18.0 Å². The molecule has 0 saturated carbocycles. The predicted molar refractivity (Wildman–Crippen MR) is 65.9 cm³/mol. The van der Waals surface area contributed by atoms with Gasteiger partial charge in [0, 0.05) is 16.4 Å². The molecule has 78 valence electrons. The van der Waals surface area contributed by atoms with Crippen LogP contribution in [0, 0.1) is 0 Å². The summed E-state index contributed by atoms with van der Waals surface area (Å²) in [6.07, 6.45) is 0.982. The summed E-state index contributed by atoms with van der Waals surface area (Å²) in [4.78, 5) is 2.20. The van der Waals surface area contributed by atoms with E-state index in [0.717, 1.165) is 10.9 Å². The molecule has 1 nitrogen and oxygen atoms in total. The summed E-state index contributed by atoms with van der Waals surface area (Å²) in [7, 11) is 4.17. The van der Waals surface area contributed by atoms with E-state index in [0.29, 0.717) is 11.9 Å². The van der Waals surface area contributed by atoms with E-state index >= 15 is 0 Å². The lowest BCUT2D eigenvalue weighted by molar-refractivity contribution is 0.293. The molecule has 0 spiro atoms. The molecule has 0 aliphatic heterocycles. The summed E-state index contributed by atoms with van der Waals surface area (Å²) < 4.78 is 1.12. The lowest BCUT2D eigenvalue weighted by Gasteiger charge is -2.23. The molecular formula is C11H15BrClN. The first-order valence-corrected chi connectivity index (χ1v) is 5.95. The molecule has 1 unspecified atom stereocenters. The van der Waals surface area contributed by atoms with Gasteiger partial charge in [-0.25, -0.2) is 0 Å². The van der Waals surface area contributed by atoms with Crippen LogP contribution in [0.3, 0.4) is 0 Å². The van der Waals surface area contributed by atoms with Crippen molar-refractivity contribution in [3.63, 3.8) is 0 Å². The first kappa shape index (κ1) is 12.0. The van der Waals surface area contributed by atoms with Crippen LogP contribution in [-0.2, 0) is 0 Å². The zero-order chi connectivity index (χ0) is 10.6. The molecule has 14 heavy (non-hydrogen) atoms. The van der Waals surface area contributed by atoms with Crippen LogP contribution in [-0.4, -0.2) is 24.9 Å². The third kappa shape index (κ3) is 3.26. The van der Waals surface area contributed by atoms with Crippen LogP contribution >= 0.6 is 27.5 Å². The Morgan fingerprint density at radius 3 is 2.29 bits per heavy atom. The summed E-state index contributed by atoms with van der Waals surface area (Å²) in [5.41, 5.74) is 1.32. The highest BCUT2D eigenvalue weighted by atomic mass is 79.9. The van der Waals surface area contributed by atoms with Gasteiger partial charge in [-0.1, -0.05) is 28.1 Å². The second kappa shape index (κ2) is 5.74. The number of rotatable bonds is 4. The Labute approximate surface area is 99.2 Å². The minimum absolute atomic E-state index is 0.417. The summed E-state index contributed by atoms with van der Waals surface area (Å²) in [6.45, 7) is 0. The van der Waals surface area contributed by atoms with Crippen molar-refractivity contribution in [1.82, 2.24) is 4.90 Å². The standard InChI is InChI=1S/C11H15BrClN/c1-14(2)11(7-8-13)9-3-5-10(12)6-4-9/h3-6,11H,7-8H2,1-2H3. The Morgan fingerprint density at radius 1 is 1.29 bits per heavy atom. The highest BCUT2D eigenvalue weighted by Crippen LogP contribution is 2.23. The van der Waals surface area contributed by atoms with E-state index in [1.165, 1.54) is 5.56 Å². The van der Waals surface area contributed by atoms with Gasteiger partial charge in [-0.3, -0.25) is 0 Å². The van der Waals surface area contributed by atoms with Gasteiger partial charge in [-0.05, 0) is 38.2 Å². The third-order valence-electron chi connectivity index (χ3n) is 2.26. The zero-order valence-corrected chi connectivity index (χ0v) is 10.8. The van der Waals surface area contributed by atoms with Gasteiger partial charge in [0.1, 0.15) is 0 Å². The fourth-order valence-corrected chi connectivity index (χ4v) is 1.98. The number of alkyl halides is 1. The lowest BCUT2D eigenvalue weighted by Crippen LogP contribution is -2.20. The number of hydrogen-bond donors (Lipinski definition) is 0. The van der Waals surface area contributed by atoms with Gasteiger partial charge in [-0.15, -0.1) is 11.6 Å². The summed E-state index contributed by atoms with van der Waals surface area (Å²) in [6, 6.07) is 8.84. The number of hydrogen-bond acceptors (Lipinski definition) is 1. The predicted octanol–water partition coefficient (Wildman–Crippen LogP) is 3.68. The Kier molecular flexibility index (Phi) is 4.93. The minimum atomic E-state index is 0.417. The second-order valence-corrected chi connectivity index (χ2v) is 4.80. The van der Waals surface area contributed by atoms with Crippen molar-refractivity contribution in [3.05, 3.63) is 34.3 Å². The van der Waals surface area contributed by atoms with E-state index in [-0.39, 0.29) is 0 Å². The molecule has 1 atom stereocenters. The van der Waals surface area contributed by atoms with E-state index in [9.17, 15) is 0 Å². The van der Waals surface area contributed by atoms with E-state index < -0.39 is 0 Å². The topological polar surface area (TPSA) is 3.24 Å². The van der Waals surface area contributed by atoms with E-state index in [1.807, 2.05) is 0 Å². The maximum Gasteiger partial charge on any atom is 0.0353 e. The first-order chi connectivity index (χ1) is 6.65. The molecule has 3 heteroatoms.